The van der Waals surface area contributed by atoms with Gasteiger partial charge in [0.15, 0.2) is 11.5 Å². The van der Waals surface area contributed by atoms with Gasteiger partial charge in [-0.2, -0.15) is 5.26 Å². The normalized spacial score (nSPS) is 14.5. The molecular formula is C15H10F2N2O2. The summed E-state index contributed by atoms with van der Waals surface area (Å²) in [6.07, 6.45) is -3.61. The fourth-order valence-electron chi connectivity index (χ4n) is 2.01. The average molecular weight is 288 g/mol. The van der Waals surface area contributed by atoms with E-state index in [0.29, 0.717) is 17.8 Å². The van der Waals surface area contributed by atoms with Crippen LogP contribution >= 0.6 is 0 Å². The van der Waals surface area contributed by atoms with Crippen molar-refractivity contribution in [2.45, 2.75) is 12.8 Å². The van der Waals surface area contributed by atoms with Gasteiger partial charge in [0, 0.05) is 18.3 Å². The third-order valence-corrected chi connectivity index (χ3v) is 2.95. The van der Waals surface area contributed by atoms with E-state index >= 15 is 0 Å². The second-order valence-corrected chi connectivity index (χ2v) is 4.49. The average Bonchev–Trinajstić information content (AvgIpc) is 2.78. The molecule has 3 rings (SSSR count). The van der Waals surface area contributed by atoms with Gasteiger partial charge in [-0.05, 0) is 29.8 Å². The van der Waals surface area contributed by atoms with E-state index < -0.39 is 6.29 Å². The van der Waals surface area contributed by atoms with Gasteiger partial charge in [0.2, 0.25) is 0 Å². The number of alkyl halides is 2. The fraction of sp³-hybridized carbons (Fsp3) is 0.133. The van der Waals surface area contributed by atoms with Crippen molar-refractivity contribution in [3.63, 3.8) is 0 Å². The summed E-state index contributed by atoms with van der Waals surface area (Å²) in [7, 11) is 0. The van der Waals surface area contributed by atoms with E-state index in [1.54, 1.807) is 24.3 Å². The number of rotatable bonds is 3. The molecule has 0 fully saturated rings. The molecule has 0 amide bonds. The van der Waals surface area contributed by atoms with Gasteiger partial charge in [-0.25, -0.2) is 0 Å². The summed E-state index contributed by atoms with van der Waals surface area (Å²) in [4.78, 5) is 0. The van der Waals surface area contributed by atoms with Gasteiger partial charge < -0.3 is 14.8 Å². The van der Waals surface area contributed by atoms with E-state index in [0.717, 1.165) is 5.56 Å². The van der Waals surface area contributed by atoms with E-state index in [1.807, 2.05) is 6.07 Å². The molecule has 1 heterocycles. The number of nitriles is 1. The highest BCUT2D eigenvalue weighted by Gasteiger charge is 2.43. The first-order chi connectivity index (χ1) is 10.1. The second-order valence-electron chi connectivity index (χ2n) is 4.49. The number of nitrogens with one attached hydrogen (secondary N) is 1. The number of benzene rings is 2. The molecule has 0 atom stereocenters. The Balaban J connectivity index is 1.71. The van der Waals surface area contributed by atoms with Crippen LogP contribution in [0.5, 0.6) is 11.5 Å². The zero-order chi connectivity index (χ0) is 14.9. The molecule has 1 N–H and O–H groups in total. The molecule has 0 saturated heterocycles. The van der Waals surface area contributed by atoms with Crippen LogP contribution in [0.2, 0.25) is 0 Å². The Morgan fingerprint density at radius 3 is 2.71 bits per heavy atom. The van der Waals surface area contributed by atoms with Crippen molar-refractivity contribution in [2.75, 3.05) is 5.32 Å². The monoisotopic (exact) mass is 288 g/mol. The highest BCUT2D eigenvalue weighted by Crippen LogP contribution is 2.42. The van der Waals surface area contributed by atoms with E-state index in [2.05, 4.69) is 20.9 Å². The van der Waals surface area contributed by atoms with Crippen LogP contribution in [0.3, 0.4) is 0 Å². The maximum Gasteiger partial charge on any atom is 0.586 e. The van der Waals surface area contributed by atoms with Crippen molar-refractivity contribution in [3.05, 3.63) is 53.6 Å². The second kappa shape index (κ2) is 4.94. The summed E-state index contributed by atoms with van der Waals surface area (Å²) < 4.78 is 34.5. The number of hydrogen-bond acceptors (Lipinski definition) is 4. The van der Waals surface area contributed by atoms with Gasteiger partial charge in [0.25, 0.3) is 0 Å². The molecule has 4 nitrogen and oxygen atoms in total. The predicted molar refractivity (Wildman–Crippen MR) is 71.1 cm³/mol. The van der Waals surface area contributed by atoms with Crippen LogP contribution in [0.25, 0.3) is 0 Å². The Morgan fingerprint density at radius 2 is 1.90 bits per heavy atom. The quantitative estimate of drug-likeness (QED) is 0.939. The lowest BCUT2D eigenvalue weighted by molar-refractivity contribution is -0.286. The SMILES string of the molecule is N#Cc1cccc(CNc2ccc3c(c2)OC(F)(F)O3)c1. The Labute approximate surface area is 119 Å². The first-order valence-electron chi connectivity index (χ1n) is 6.18. The van der Waals surface area contributed by atoms with E-state index in [-0.39, 0.29) is 11.5 Å². The van der Waals surface area contributed by atoms with E-state index in [4.69, 9.17) is 5.26 Å². The van der Waals surface area contributed by atoms with Crippen molar-refractivity contribution < 1.29 is 18.3 Å². The van der Waals surface area contributed by atoms with Crippen molar-refractivity contribution >= 4 is 5.69 Å². The van der Waals surface area contributed by atoms with Gasteiger partial charge in [-0.1, -0.05) is 12.1 Å². The first-order valence-corrected chi connectivity index (χ1v) is 6.18. The number of nitrogens with zero attached hydrogens (tertiary/aromatic N) is 1. The molecule has 0 aromatic heterocycles. The summed E-state index contributed by atoms with van der Waals surface area (Å²) in [5.41, 5.74) is 2.11. The van der Waals surface area contributed by atoms with Crippen molar-refractivity contribution in [1.29, 1.82) is 5.26 Å². The molecule has 106 valence electrons. The van der Waals surface area contributed by atoms with Gasteiger partial charge >= 0.3 is 6.29 Å². The van der Waals surface area contributed by atoms with Crippen molar-refractivity contribution in [2.24, 2.45) is 0 Å². The standard InChI is InChI=1S/C15H10F2N2O2/c16-15(17)20-13-5-4-12(7-14(13)21-15)19-9-11-3-1-2-10(6-11)8-18/h1-7,19H,9H2. The van der Waals surface area contributed by atoms with Crippen LogP contribution in [0.1, 0.15) is 11.1 Å². The maximum atomic E-state index is 12.9. The first kappa shape index (κ1) is 13.2. The Hall–Kier alpha value is -2.81. The number of ether oxygens (including phenoxy) is 2. The lowest BCUT2D eigenvalue weighted by Crippen LogP contribution is -2.25. The lowest BCUT2D eigenvalue weighted by atomic mass is 10.1. The molecule has 1 aliphatic rings. The summed E-state index contributed by atoms with van der Waals surface area (Å²) in [5.74, 6) is 0.00723. The largest absolute Gasteiger partial charge is 0.586 e. The van der Waals surface area contributed by atoms with Gasteiger partial charge in [-0.3, -0.25) is 0 Å². The molecular weight excluding hydrogens is 278 g/mol. The minimum Gasteiger partial charge on any atom is -0.395 e. The number of hydrogen-bond donors (Lipinski definition) is 1. The van der Waals surface area contributed by atoms with Crippen LogP contribution in [0.4, 0.5) is 14.5 Å². The Kier molecular flexibility index (Phi) is 3.10. The fourth-order valence-corrected chi connectivity index (χ4v) is 2.01. The summed E-state index contributed by atoms with van der Waals surface area (Å²) in [6, 6.07) is 13.7. The van der Waals surface area contributed by atoms with Gasteiger partial charge in [-0.15, -0.1) is 8.78 Å². The summed E-state index contributed by atoms with van der Waals surface area (Å²) in [6.45, 7) is 0.464. The molecule has 0 bridgehead atoms. The molecule has 6 heteroatoms. The number of fused-ring (bicyclic) bond motifs is 1. The van der Waals surface area contributed by atoms with Crippen LogP contribution in [-0.2, 0) is 6.54 Å². The topological polar surface area (TPSA) is 54.3 Å². The van der Waals surface area contributed by atoms with E-state index in [9.17, 15) is 8.78 Å². The molecule has 0 aliphatic carbocycles. The van der Waals surface area contributed by atoms with Crippen LogP contribution in [-0.4, -0.2) is 6.29 Å². The lowest BCUT2D eigenvalue weighted by Gasteiger charge is -2.07. The molecule has 0 radical (unpaired) electrons. The zero-order valence-corrected chi connectivity index (χ0v) is 10.8. The number of anilines is 1. The third kappa shape index (κ3) is 2.87. The van der Waals surface area contributed by atoms with Crippen LogP contribution in [0, 0.1) is 11.3 Å². The van der Waals surface area contributed by atoms with Crippen LogP contribution in [0.15, 0.2) is 42.5 Å². The molecule has 0 unspecified atom stereocenters. The predicted octanol–water partition coefficient (Wildman–Crippen LogP) is 3.49. The zero-order valence-electron chi connectivity index (χ0n) is 10.8. The molecule has 2 aromatic rings. The Morgan fingerprint density at radius 1 is 1.10 bits per heavy atom. The summed E-state index contributed by atoms with van der Waals surface area (Å²) >= 11 is 0. The molecule has 2 aromatic carbocycles. The highest BCUT2D eigenvalue weighted by molar-refractivity contribution is 5.56. The molecule has 0 spiro atoms. The number of halogens is 2. The third-order valence-electron chi connectivity index (χ3n) is 2.95. The van der Waals surface area contributed by atoms with Crippen LogP contribution < -0.4 is 14.8 Å². The summed E-state index contributed by atoms with van der Waals surface area (Å²) in [5, 5.41) is 11.9. The van der Waals surface area contributed by atoms with Gasteiger partial charge in [0.05, 0.1) is 11.6 Å². The minimum absolute atomic E-state index is 0.00391. The smallest absolute Gasteiger partial charge is 0.395 e. The highest BCUT2D eigenvalue weighted by atomic mass is 19.3. The Bertz CT molecular complexity index is 726. The molecule has 1 aliphatic heterocycles. The van der Waals surface area contributed by atoms with Gasteiger partial charge in [0.1, 0.15) is 0 Å². The van der Waals surface area contributed by atoms with Crippen molar-refractivity contribution in [3.8, 4) is 17.6 Å². The minimum atomic E-state index is -3.61. The van der Waals surface area contributed by atoms with Crippen molar-refractivity contribution in [1.82, 2.24) is 0 Å². The maximum absolute atomic E-state index is 12.9. The molecule has 0 saturated carbocycles. The van der Waals surface area contributed by atoms with E-state index in [1.165, 1.54) is 12.1 Å². The molecule has 21 heavy (non-hydrogen) atoms.